The van der Waals surface area contributed by atoms with Gasteiger partial charge < -0.3 is 0 Å². The standard InChI is InChI=1S/C14H15BrFN/c15-12-4-5-13(16)11(8-12)9-14(10-17)6-2-1-3-7-14/h4-5,8H,1-3,6-7,9H2. The largest absolute Gasteiger partial charge is 0.207 e. The zero-order valence-corrected chi connectivity index (χ0v) is 11.3. The van der Waals surface area contributed by atoms with E-state index in [9.17, 15) is 9.65 Å². The third kappa shape index (κ3) is 2.87. The molecule has 90 valence electrons. The van der Waals surface area contributed by atoms with Crippen molar-refractivity contribution in [1.29, 1.82) is 5.26 Å². The first-order chi connectivity index (χ1) is 8.15. The maximum Gasteiger partial charge on any atom is 0.126 e. The lowest BCUT2D eigenvalue weighted by molar-refractivity contribution is 0.263. The summed E-state index contributed by atoms with van der Waals surface area (Å²) in [7, 11) is 0. The number of hydrogen-bond donors (Lipinski definition) is 0. The van der Waals surface area contributed by atoms with Crippen LogP contribution in [-0.4, -0.2) is 0 Å². The van der Waals surface area contributed by atoms with Crippen LogP contribution in [0.2, 0.25) is 0 Å². The molecule has 1 aromatic rings. The van der Waals surface area contributed by atoms with Crippen LogP contribution in [0.5, 0.6) is 0 Å². The van der Waals surface area contributed by atoms with Crippen LogP contribution in [0.3, 0.4) is 0 Å². The maximum absolute atomic E-state index is 13.7. The van der Waals surface area contributed by atoms with Gasteiger partial charge in [0.25, 0.3) is 0 Å². The summed E-state index contributed by atoms with van der Waals surface area (Å²) in [6.07, 6.45) is 5.70. The molecule has 17 heavy (non-hydrogen) atoms. The van der Waals surface area contributed by atoms with E-state index >= 15 is 0 Å². The molecule has 3 heteroatoms. The summed E-state index contributed by atoms with van der Waals surface area (Å²) in [6.45, 7) is 0. The minimum Gasteiger partial charge on any atom is -0.207 e. The van der Waals surface area contributed by atoms with Crippen molar-refractivity contribution < 1.29 is 4.39 Å². The second-order valence-electron chi connectivity index (χ2n) is 4.87. The lowest BCUT2D eigenvalue weighted by atomic mass is 9.71. The van der Waals surface area contributed by atoms with Gasteiger partial charge in [-0.3, -0.25) is 0 Å². The van der Waals surface area contributed by atoms with Crippen LogP contribution in [0.25, 0.3) is 0 Å². The van der Waals surface area contributed by atoms with Crippen molar-refractivity contribution in [2.24, 2.45) is 5.41 Å². The summed E-state index contributed by atoms with van der Waals surface area (Å²) in [5.41, 5.74) is 0.308. The van der Waals surface area contributed by atoms with Crippen LogP contribution in [0, 0.1) is 22.6 Å². The normalized spacial score (nSPS) is 18.6. The number of hydrogen-bond acceptors (Lipinski definition) is 1. The summed E-state index contributed by atoms with van der Waals surface area (Å²) >= 11 is 3.35. The molecule has 2 rings (SSSR count). The molecule has 1 aliphatic carbocycles. The molecule has 0 unspecified atom stereocenters. The Morgan fingerprint density at radius 2 is 2.00 bits per heavy atom. The molecule has 0 heterocycles. The Morgan fingerprint density at radius 3 is 2.65 bits per heavy atom. The maximum atomic E-state index is 13.7. The molecule has 1 fully saturated rings. The van der Waals surface area contributed by atoms with E-state index in [1.807, 2.05) is 0 Å². The minimum absolute atomic E-state index is 0.201. The van der Waals surface area contributed by atoms with E-state index < -0.39 is 0 Å². The molecule has 0 atom stereocenters. The molecule has 1 aromatic carbocycles. The molecule has 1 saturated carbocycles. The number of benzene rings is 1. The number of rotatable bonds is 2. The van der Waals surface area contributed by atoms with Crippen molar-refractivity contribution in [2.45, 2.75) is 38.5 Å². The van der Waals surface area contributed by atoms with Gasteiger partial charge in [-0.15, -0.1) is 0 Å². The van der Waals surface area contributed by atoms with Crippen molar-refractivity contribution in [1.82, 2.24) is 0 Å². The van der Waals surface area contributed by atoms with Crippen LogP contribution in [0.15, 0.2) is 22.7 Å². The molecular weight excluding hydrogens is 281 g/mol. The van der Waals surface area contributed by atoms with Gasteiger partial charge in [-0.05, 0) is 43.0 Å². The van der Waals surface area contributed by atoms with Gasteiger partial charge >= 0.3 is 0 Å². The van der Waals surface area contributed by atoms with E-state index in [2.05, 4.69) is 22.0 Å². The van der Waals surface area contributed by atoms with Crippen molar-refractivity contribution >= 4 is 15.9 Å². The Hall–Kier alpha value is -0.880. The lowest BCUT2D eigenvalue weighted by Crippen LogP contribution is -2.25. The molecule has 1 aliphatic rings. The van der Waals surface area contributed by atoms with Crippen molar-refractivity contribution in [2.75, 3.05) is 0 Å². The van der Waals surface area contributed by atoms with Crippen molar-refractivity contribution in [3.63, 3.8) is 0 Å². The molecule has 0 N–H and O–H groups in total. The predicted octanol–water partition coefficient (Wildman–Crippen LogP) is 4.60. The van der Waals surface area contributed by atoms with E-state index in [4.69, 9.17) is 0 Å². The van der Waals surface area contributed by atoms with Crippen molar-refractivity contribution in [3.8, 4) is 6.07 Å². The summed E-state index contributed by atoms with van der Waals surface area (Å²) in [6, 6.07) is 7.38. The molecule has 1 nitrogen and oxygen atoms in total. The average molecular weight is 296 g/mol. The highest BCUT2D eigenvalue weighted by atomic mass is 79.9. The highest BCUT2D eigenvalue weighted by molar-refractivity contribution is 9.10. The Kier molecular flexibility index (Phi) is 3.83. The Bertz CT molecular complexity index is 444. The SMILES string of the molecule is N#CC1(Cc2cc(Br)ccc2F)CCCCC1. The van der Waals surface area contributed by atoms with Gasteiger partial charge in [0.05, 0.1) is 11.5 Å². The Labute approximate surface area is 110 Å². The fraction of sp³-hybridized carbons (Fsp3) is 0.500. The predicted molar refractivity (Wildman–Crippen MR) is 68.9 cm³/mol. The number of halogens is 2. The Morgan fingerprint density at radius 1 is 1.29 bits per heavy atom. The smallest absolute Gasteiger partial charge is 0.126 e. The zero-order valence-electron chi connectivity index (χ0n) is 9.68. The van der Waals surface area contributed by atoms with Crippen LogP contribution in [0.4, 0.5) is 4.39 Å². The Balaban J connectivity index is 2.23. The third-order valence-corrected chi connectivity index (χ3v) is 4.08. The van der Waals surface area contributed by atoms with Gasteiger partial charge in [0.1, 0.15) is 5.82 Å². The van der Waals surface area contributed by atoms with E-state index in [-0.39, 0.29) is 11.2 Å². The first-order valence-electron chi connectivity index (χ1n) is 6.00. The molecule has 0 saturated heterocycles. The molecule has 0 amide bonds. The monoisotopic (exact) mass is 295 g/mol. The van der Waals surface area contributed by atoms with E-state index in [1.54, 1.807) is 12.1 Å². The van der Waals surface area contributed by atoms with Gasteiger partial charge in [0.2, 0.25) is 0 Å². The lowest BCUT2D eigenvalue weighted by Gasteiger charge is -2.30. The fourth-order valence-corrected chi connectivity index (χ4v) is 3.01. The van der Waals surface area contributed by atoms with E-state index in [1.165, 1.54) is 12.5 Å². The average Bonchev–Trinajstić information content (AvgIpc) is 2.35. The van der Waals surface area contributed by atoms with Gasteiger partial charge in [-0.2, -0.15) is 5.26 Å². The zero-order chi connectivity index (χ0) is 12.3. The number of nitriles is 1. The highest BCUT2D eigenvalue weighted by Crippen LogP contribution is 2.39. The molecule has 0 aliphatic heterocycles. The topological polar surface area (TPSA) is 23.8 Å². The molecular formula is C14H15BrFN. The van der Waals surface area contributed by atoms with Crippen LogP contribution in [0.1, 0.15) is 37.7 Å². The van der Waals surface area contributed by atoms with Gasteiger partial charge in [0, 0.05) is 4.47 Å². The summed E-state index contributed by atoms with van der Waals surface area (Å²) < 4.78 is 14.6. The summed E-state index contributed by atoms with van der Waals surface area (Å²) in [5.74, 6) is -0.201. The second kappa shape index (κ2) is 5.18. The van der Waals surface area contributed by atoms with E-state index in [0.717, 1.165) is 30.2 Å². The molecule has 0 bridgehead atoms. The molecule has 0 aromatic heterocycles. The molecule has 0 spiro atoms. The van der Waals surface area contributed by atoms with Gasteiger partial charge in [-0.25, -0.2) is 4.39 Å². The summed E-state index contributed by atoms with van der Waals surface area (Å²) in [5, 5.41) is 9.38. The quantitative estimate of drug-likeness (QED) is 0.782. The number of nitrogens with zero attached hydrogens (tertiary/aromatic N) is 1. The van der Waals surface area contributed by atoms with Crippen molar-refractivity contribution in [3.05, 3.63) is 34.1 Å². The highest BCUT2D eigenvalue weighted by Gasteiger charge is 2.33. The first kappa shape index (κ1) is 12.6. The second-order valence-corrected chi connectivity index (χ2v) is 5.78. The van der Waals surface area contributed by atoms with Crippen LogP contribution >= 0.6 is 15.9 Å². The van der Waals surface area contributed by atoms with Gasteiger partial charge in [-0.1, -0.05) is 35.2 Å². The van der Waals surface area contributed by atoms with Crippen LogP contribution < -0.4 is 0 Å². The third-order valence-electron chi connectivity index (χ3n) is 3.58. The molecule has 0 radical (unpaired) electrons. The minimum atomic E-state index is -0.347. The van der Waals surface area contributed by atoms with Gasteiger partial charge in [0.15, 0.2) is 0 Å². The summed E-state index contributed by atoms with van der Waals surface area (Å²) in [4.78, 5) is 0. The first-order valence-corrected chi connectivity index (χ1v) is 6.80. The fourth-order valence-electron chi connectivity index (χ4n) is 2.60. The van der Waals surface area contributed by atoms with E-state index in [0.29, 0.717) is 12.0 Å². The van der Waals surface area contributed by atoms with Crippen LogP contribution in [-0.2, 0) is 6.42 Å².